The molecule has 1 aromatic carbocycles. The van der Waals surface area contributed by atoms with Crippen LogP contribution in [0, 0.1) is 10.1 Å². The number of nitro groups is 1. The molecule has 0 spiro atoms. The Bertz CT molecular complexity index is 392. The number of alkyl halides is 1. The van der Waals surface area contributed by atoms with Crippen molar-refractivity contribution in [2.45, 2.75) is 0 Å². The van der Waals surface area contributed by atoms with E-state index in [0.717, 1.165) is 0 Å². The number of rotatable bonds is 3. The number of allylic oxidation sites excluding steroid dienone is 1. The normalized spacial score (nSPS) is 9.86. The number of hydrogen-bond acceptors (Lipinski definition) is 2. The van der Waals surface area contributed by atoms with Crippen LogP contribution in [0.25, 0.3) is 5.57 Å². The van der Waals surface area contributed by atoms with E-state index in [1.165, 1.54) is 6.07 Å². The summed E-state index contributed by atoms with van der Waals surface area (Å²) in [6.07, 6.45) is 0. The zero-order valence-corrected chi connectivity index (χ0v) is 9.51. The quantitative estimate of drug-likeness (QED) is 0.481. The minimum Gasteiger partial charge on any atom is -0.258 e. The summed E-state index contributed by atoms with van der Waals surface area (Å²) in [5.41, 5.74) is 1.05. The van der Waals surface area contributed by atoms with Crippen LogP contribution in [0.5, 0.6) is 0 Å². The number of hydrogen-bond donors (Lipinski definition) is 0. The Labute approximate surface area is 94.7 Å². The molecule has 0 saturated carbocycles. The standard InChI is InChI=1S/C9H7BrClNO2/c1-6(5-11)8-3-2-7(10)4-9(8)12(13)14/h2-4H,1,5H2. The highest BCUT2D eigenvalue weighted by atomic mass is 79.9. The molecule has 0 fully saturated rings. The van der Waals surface area contributed by atoms with E-state index in [4.69, 9.17) is 11.6 Å². The van der Waals surface area contributed by atoms with Crippen LogP contribution in [-0.2, 0) is 0 Å². The molecule has 0 N–H and O–H groups in total. The summed E-state index contributed by atoms with van der Waals surface area (Å²) < 4.78 is 0.662. The van der Waals surface area contributed by atoms with Crippen LogP contribution in [0.15, 0.2) is 29.3 Å². The third-order valence-corrected chi connectivity index (χ3v) is 2.51. The minimum atomic E-state index is -0.447. The van der Waals surface area contributed by atoms with Crippen molar-refractivity contribution in [2.75, 3.05) is 5.88 Å². The van der Waals surface area contributed by atoms with Crippen LogP contribution in [0.2, 0.25) is 0 Å². The van der Waals surface area contributed by atoms with Crippen molar-refractivity contribution < 1.29 is 4.92 Å². The summed E-state index contributed by atoms with van der Waals surface area (Å²) in [5, 5.41) is 10.7. The van der Waals surface area contributed by atoms with Crippen molar-refractivity contribution in [2.24, 2.45) is 0 Å². The van der Waals surface area contributed by atoms with Crippen LogP contribution >= 0.6 is 27.5 Å². The molecule has 0 atom stereocenters. The smallest absolute Gasteiger partial charge is 0.258 e. The largest absolute Gasteiger partial charge is 0.278 e. The maximum absolute atomic E-state index is 10.7. The van der Waals surface area contributed by atoms with Crippen molar-refractivity contribution in [1.82, 2.24) is 0 Å². The molecule has 0 aliphatic rings. The second-order valence-corrected chi connectivity index (χ2v) is 3.84. The highest BCUT2D eigenvalue weighted by molar-refractivity contribution is 9.10. The molecule has 3 nitrogen and oxygen atoms in total. The molecule has 14 heavy (non-hydrogen) atoms. The van der Waals surface area contributed by atoms with Crippen LogP contribution in [-0.4, -0.2) is 10.8 Å². The minimum absolute atomic E-state index is 0.0185. The molecule has 74 valence electrons. The Morgan fingerprint density at radius 2 is 2.29 bits per heavy atom. The third-order valence-electron chi connectivity index (χ3n) is 1.70. The van der Waals surface area contributed by atoms with Gasteiger partial charge in [0.05, 0.1) is 10.5 Å². The van der Waals surface area contributed by atoms with Gasteiger partial charge in [-0.3, -0.25) is 10.1 Å². The Morgan fingerprint density at radius 1 is 1.64 bits per heavy atom. The molecule has 0 aromatic heterocycles. The second kappa shape index (κ2) is 4.57. The molecule has 0 unspecified atom stereocenters. The van der Waals surface area contributed by atoms with Gasteiger partial charge in [0, 0.05) is 16.4 Å². The second-order valence-electron chi connectivity index (χ2n) is 2.66. The molecule has 0 amide bonds. The van der Waals surface area contributed by atoms with E-state index in [-0.39, 0.29) is 11.6 Å². The number of nitrogens with zero attached hydrogens (tertiary/aromatic N) is 1. The van der Waals surface area contributed by atoms with Gasteiger partial charge in [0.1, 0.15) is 0 Å². The summed E-state index contributed by atoms with van der Waals surface area (Å²) in [5.74, 6) is 0.183. The first kappa shape index (κ1) is 11.2. The van der Waals surface area contributed by atoms with E-state index in [2.05, 4.69) is 22.5 Å². The third kappa shape index (κ3) is 2.33. The lowest BCUT2D eigenvalue weighted by Gasteiger charge is -2.03. The van der Waals surface area contributed by atoms with Gasteiger partial charge in [-0.25, -0.2) is 0 Å². The van der Waals surface area contributed by atoms with Gasteiger partial charge in [0.25, 0.3) is 5.69 Å². The molecular weight excluding hydrogens is 269 g/mol. The van der Waals surface area contributed by atoms with Crippen LogP contribution < -0.4 is 0 Å². The number of nitro benzene ring substituents is 1. The maximum atomic E-state index is 10.7. The summed E-state index contributed by atoms with van der Waals surface area (Å²) in [6, 6.07) is 4.79. The molecule has 0 aliphatic heterocycles. The lowest BCUT2D eigenvalue weighted by Crippen LogP contribution is -1.95. The molecule has 5 heteroatoms. The summed E-state index contributed by atoms with van der Waals surface area (Å²) in [4.78, 5) is 10.2. The average Bonchev–Trinajstić information content (AvgIpc) is 2.16. The van der Waals surface area contributed by atoms with Gasteiger partial charge in [-0.15, -0.1) is 11.6 Å². The summed E-state index contributed by atoms with van der Waals surface area (Å²) in [6.45, 7) is 3.66. The molecule has 0 heterocycles. The van der Waals surface area contributed by atoms with E-state index < -0.39 is 4.92 Å². The van der Waals surface area contributed by atoms with E-state index in [0.29, 0.717) is 15.6 Å². The zero-order valence-electron chi connectivity index (χ0n) is 7.17. The monoisotopic (exact) mass is 275 g/mol. The van der Waals surface area contributed by atoms with Crippen molar-refractivity contribution in [3.05, 3.63) is 44.9 Å². The van der Waals surface area contributed by atoms with Gasteiger partial charge in [-0.1, -0.05) is 22.5 Å². The molecule has 0 bridgehead atoms. The van der Waals surface area contributed by atoms with Gasteiger partial charge in [0.15, 0.2) is 0 Å². The highest BCUT2D eigenvalue weighted by Gasteiger charge is 2.15. The average molecular weight is 277 g/mol. The number of halogens is 2. The van der Waals surface area contributed by atoms with Gasteiger partial charge in [0.2, 0.25) is 0 Å². The predicted octanol–water partition coefficient (Wildman–Crippen LogP) is 3.61. The van der Waals surface area contributed by atoms with Crippen LogP contribution in [0.3, 0.4) is 0 Å². The van der Waals surface area contributed by atoms with E-state index in [1.54, 1.807) is 12.1 Å². The van der Waals surface area contributed by atoms with Crippen molar-refractivity contribution in [3.8, 4) is 0 Å². The fourth-order valence-electron chi connectivity index (χ4n) is 1.03. The van der Waals surface area contributed by atoms with E-state index in [1.807, 2.05) is 0 Å². The Hall–Kier alpha value is -0.870. The highest BCUT2D eigenvalue weighted by Crippen LogP contribution is 2.28. The lowest BCUT2D eigenvalue weighted by molar-refractivity contribution is -0.385. The van der Waals surface area contributed by atoms with Gasteiger partial charge >= 0.3 is 0 Å². The fraction of sp³-hybridized carbons (Fsp3) is 0.111. The van der Waals surface area contributed by atoms with E-state index in [9.17, 15) is 10.1 Å². The first-order chi connectivity index (χ1) is 6.56. The van der Waals surface area contributed by atoms with E-state index >= 15 is 0 Å². The van der Waals surface area contributed by atoms with Crippen molar-refractivity contribution in [1.29, 1.82) is 0 Å². The van der Waals surface area contributed by atoms with Gasteiger partial charge in [-0.2, -0.15) is 0 Å². The van der Waals surface area contributed by atoms with Crippen molar-refractivity contribution in [3.63, 3.8) is 0 Å². The van der Waals surface area contributed by atoms with Gasteiger partial charge < -0.3 is 0 Å². The van der Waals surface area contributed by atoms with Crippen LogP contribution in [0.4, 0.5) is 5.69 Å². The van der Waals surface area contributed by atoms with Crippen LogP contribution in [0.1, 0.15) is 5.56 Å². The zero-order chi connectivity index (χ0) is 10.7. The lowest BCUT2D eigenvalue weighted by atomic mass is 10.1. The van der Waals surface area contributed by atoms with Gasteiger partial charge in [-0.05, 0) is 17.7 Å². The topological polar surface area (TPSA) is 43.1 Å². The molecule has 1 aromatic rings. The first-order valence-electron chi connectivity index (χ1n) is 3.74. The molecule has 0 radical (unpaired) electrons. The number of benzene rings is 1. The van der Waals surface area contributed by atoms with Crippen molar-refractivity contribution >= 4 is 38.8 Å². The molecular formula is C9H7BrClNO2. The molecule has 0 aliphatic carbocycles. The SMILES string of the molecule is C=C(CCl)c1ccc(Br)cc1[N+](=O)[O-]. The maximum Gasteiger partial charge on any atom is 0.278 e. The Morgan fingerprint density at radius 3 is 2.79 bits per heavy atom. The summed E-state index contributed by atoms with van der Waals surface area (Å²) >= 11 is 8.74. The Kier molecular flexibility index (Phi) is 3.66. The Balaban J connectivity index is 3.28. The predicted molar refractivity (Wildman–Crippen MR) is 60.6 cm³/mol. The summed E-state index contributed by atoms with van der Waals surface area (Å²) in [7, 11) is 0. The fourth-order valence-corrected chi connectivity index (χ4v) is 1.52. The molecule has 1 rings (SSSR count). The first-order valence-corrected chi connectivity index (χ1v) is 5.07. The molecule has 0 saturated heterocycles.